The molecule has 2 amide bonds. The molecule has 0 aliphatic carbocycles. The summed E-state index contributed by atoms with van der Waals surface area (Å²) < 4.78 is 0. The van der Waals surface area contributed by atoms with E-state index < -0.39 is 0 Å². The summed E-state index contributed by atoms with van der Waals surface area (Å²) in [6.45, 7) is 4.03. The molecule has 2 aromatic rings. The van der Waals surface area contributed by atoms with E-state index in [0.717, 1.165) is 11.3 Å². The molecular weight excluding hydrogens is 368 g/mol. The zero-order valence-corrected chi connectivity index (χ0v) is 15.5. The highest BCUT2D eigenvalue weighted by Crippen LogP contribution is 2.44. The number of fused-ring (bicyclic) bond motifs is 1. The van der Waals surface area contributed by atoms with Crippen LogP contribution in [0.25, 0.3) is 5.57 Å². The van der Waals surface area contributed by atoms with Gasteiger partial charge in [0.25, 0.3) is 11.8 Å². The number of hydrogen-bond acceptors (Lipinski definition) is 6. The number of carbonyl (C=O) groups is 2. The van der Waals surface area contributed by atoms with Crippen molar-refractivity contribution in [1.82, 2.24) is 9.88 Å². The molecule has 1 aromatic heterocycles. The van der Waals surface area contributed by atoms with Crippen LogP contribution in [-0.4, -0.2) is 40.5 Å². The van der Waals surface area contributed by atoms with Gasteiger partial charge in [0, 0.05) is 30.7 Å². The fraction of sp³-hybridized carbons (Fsp3) is 0.111. The number of anilines is 1. The largest absolute Gasteiger partial charge is 0.311 e. The predicted molar refractivity (Wildman–Crippen MR) is 105 cm³/mol. The summed E-state index contributed by atoms with van der Waals surface area (Å²) in [6.07, 6.45) is 3.30. The van der Waals surface area contributed by atoms with Crippen LogP contribution in [0.4, 0.5) is 10.8 Å². The van der Waals surface area contributed by atoms with E-state index in [4.69, 9.17) is 0 Å². The van der Waals surface area contributed by atoms with Gasteiger partial charge in [0.05, 0.1) is 16.2 Å². The Hall–Kier alpha value is -2.71. The van der Waals surface area contributed by atoms with Crippen LogP contribution in [0.3, 0.4) is 0 Å². The molecule has 0 N–H and O–H groups in total. The zero-order chi connectivity index (χ0) is 18.3. The highest BCUT2D eigenvalue weighted by Gasteiger charge is 2.41. The Morgan fingerprint density at radius 2 is 2.08 bits per heavy atom. The Morgan fingerprint density at radius 3 is 2.81 bits per heavy atom. The van der Waals surface area contributed by atoms with Crippen molar-refractivity contribution in [1.29, 1.82) is 0 Å². The summed E-state index contributed by atoms with van der Waals surface area (Å²) in [7, 11) is 1.71. The number of carbonyl (C=O) groups excluding carboxylic acids is 2. The van der Waals surface area contributed by atoms with Crippen molar-refractivity contribution in [2.75, 3.05) is 18.5 Å². The summed E-state index contributed by atoms with van der Waals surface area (Å²) in [6, 6.07) is 7.47. The topological polar surface area (TPSA) is 65.9 Å². The van der Waals surface area contributed by atoms with Crippen molar-refractivity contribution < 1.29 is 9.59 Å². The van der Waals surface area contributed by atoms with Gasteiger partial charge in [0.1, 0.15) is 0 Å². The average Bonchev–Trinajstić information content (AvgIpc) is 3.32. The number of likely N-dealkylation sites (N-methyl/N-ethyl adjacent to an activating group) is 1. The van der Waals surface area contributed by atoms with Crippen LogP contribution in [0.2, 0.25) is 0 Å². The molecule has 1 saturated heterocycles. The molecule has 6 nitrogen and oxygen atoms in total. The van der Waals surface area contributed by atoms with Gasteiger partial charge in [-0.2, -0.15) is 4.99 Å². The van der Waals surface area contributed by atoms with Gasteiger partial charge in [-0.1, -0.05) is 24.3 Å². The van der Waals surface area contributed by atoms with Crippen molar-refractivity contribution in [2.45, 2.75) is 0 Å². The van der Waals surface area contributed by atoms with Crippen molar-refractivity contribution in [3.8, 4) is 0 Å². The van der Waals surface area contributed by atoms with Crippen LogP contribution in [0, 0.1) is 0 Å². The van der Waals surface area contributed by atoms with E-state index in [-0.39, 0.29) is 11.8 Å². The molecule has 0 spiro atoms. The van der Waals surface area contributed by atoms with Gasteiger partial charge < -0.3 is 4.90 Å². The molecule has 1 aromatic carbocycles. The van der Waals surface area contributed by atoms with Gasteiger partial charge in [0.2, 0.25) is 5.13 Å². The maximum Gasteiger partial charge on any atom is 0.267 e. The third-order valence-corrected chi connectivity index (χ3v) is 5.81. The number of nitrogens with zero attached hydrogens (tertiary/aromatic N) is 4. The van der Waals surface area contributed by atoms with Gasteiger partial charge in [-0.25, -0.2) is 4.98 Å². The number of thioether (sulfide) groups is 1. The van der Waals surface area contributed by atoms with E-state index in [1.807, 2.05) is 29.6 Å². The van der Waals surface area contributed by atoms with Crippen LogP contribution in [0.5, 0.6) is 0 Å². The number of rotatable bonds is 3. The van der Waals surface area contributed by atoms with Crippen LogP contribution in [0.15, 0.2) is 58.4 Å². The quantitative estimate of drug-likeness (QED) is 0.604. The van der Waals surface area contributed by atoms with E-state index in [1.54, 1.807) is 24.2 Å². The van der Waals surface area contributed by atoms with Crippen molar-refractivity contribution in [2.24, 2.45) is 4.99 Å². The van der Waals surface area contributed by atoms with E-state index >= 15 is 0 Å². The number of amides is 2. The number of hydrogen-bond donors (Lipinski definition) is 0. The van der Waals surface area contributed by atoms with Gasteiger partial charge in [0.15, 0.2) is 5.17 Å². The lowest BCUT2D eigenvalue weighted by molar-refractivity contribution is -0.122. The SMILES string of the molecule is C=CCN1C(=O)/C(=C2/C(=O)N(C)c3ccccc32)S/C1=N\c1nccs1. The lowest BCUT2D eigenvalue weighted by Gasteiger charge is -2.12. The highest BCUT2D eigenvalue weighted by molar-refractivity contribution is 8.18. The molecule has 0 saturated carbocycles. The summed E-state index contributed by atoms with van der Waals surface area (Å²) in [5.41, 5.74) is 2.00. The number of aromatic nitrogens is 1. The molecule has 2 aliphatic rings. The summed E-state index contributed by atoms with van der Waals surface area (Å²) in [5, 5.41) is 2.90. The minimum absolute atomic E-state index is 0.184. The minimum atomic E-state index is -0.237. The van der Waals surface area contributed by atoms with Crippen LogP contribution >= 0.6 is 23.1 Å². The Labute approximate surface area is 158 Å². The van der Waals surface area contributed by atoms with E-state index in [1.165, 1.54) is 28.0 Å². The third-order valence-electron chi connectivity index (χ3n) is 4.07. The summed E-state index contributed by atoms with van der Waals surface area (Å²) in [4.78, 5) is 37.9. The normalized spacial score (nSPS) is 21.0. The average molecular weight is 382 g/mol. The van der Waals surface area contributed by atoms with Gasteiger partial charge in [-0.05, 0) is 17.8 Å². The molecule has 0 atom stereocenters. The summed E-state index contributed by atoms with van der Waals surface area (Å²) >= 11 is 2.60. The molecule has 0 radical (unpaired) electrons. The van der Waals surface area contributed by atoms with Crippen molar-refractivity contribution in [3.63, 3.8) is 0 Å². The number of amidine groups is 1. The van der Waals surface area contributed by atoms with Crippen molar-refractivity contribution in [3.05, 3.63) is 59.0 Å². The number of para-hydroxylation sites is 1. The molecule has 2 aliphatic heterocycles. The Bertz CT molecular complexity index is 979. The smallest absolute Gasteiger partial charge is 0.267 e. The van der Waals surface area contributed by atoms with E-state index in [0.29, 0.717) is 27.3 Å². The zero-order valence-electron chi connectivity index (χ0n) is 13.9. The Balaban J connectivity index is 1.85. The van der Waals surface area contributed by atoms with E-state index in [9.17, 15) is 9.59 Å². The second-order valence-corrected chi connectivity index (χ2v) is 7.45. The van der Waals surface area contributed by atoms with Gasteiger partial charge in [-0.15, -0.1) is 17.9 Å². The van der Waals surface area contributed by atoms with Crippen LogP contribution < -0.4 is 4.90 Å². The lowest BCUT2D eigenvalue weighted by atomic mass is 10.1. The first-order chi connectivity index (χ1) is 12.6. The molecule has 130 valence electrons. The standard InChI is InChI=1S/C18H14N4O2S2/c1-3-9-22-16(24)14(26-18(22)20-17-19-8-10-25-17)13-11-6-4-5-7-12(11)21(2)15(13)23/h3-8,10H,1,9H2,2H3/b14-13-,20-18-. The minimum Gasteiger partial charge on any atom is -0.311 e. The fourth-order valence-electron chi connectivity index (χ4n) is 2.87. The van der Waals surface area contributed by atoms with Gasteiger partial charge in [-0.3, -0.25) is 14.5 Å². The molecule has 0 unspecified atom stereocenters. The molecule has 0 bridgehead atoms. The number of aliphatic imine (C=N–C) groups is 1. The van der Waals surface area contributed by atoms with Crippen molar-refractivity contribution >= 4 is 56.5 Å². The summed E-state index contributed by atoms with van der Waals surface area (Å²) in [5.74, 6) is -0.422. The van der Waals surface area contributed by atoms with Crippen LogP contribution in [0.1, 0.15) is 5.56 Å². The number of thiazole rings is 1. The number of benzene rings is 1. The monoisotopic (exact) mass is 382 g/mol. The molecule has 26 heavy (non-hydrogen) atoms. The van der Waals surface area contributed by atoms with Crippen LogP contribution in [-0.2, 0) is 9.59 Å². The first kappa shape index (κ1) is 16.7. The second kappa shape index (κ2) is 6.54. The Morgan fingerprint density at radius 1 is 1.27 bits per heavy atom. The first-order valence-electron chi connectivity index (χ1n) is 7.82. The molecule has 8 heteroatoms. The lowest BCUT2D eigenvalue weighted by Crippen LogP contribution is -2.29. The molecule has 1 fully saturated rings. The fourth-order valence-corrected chi connectivity index (χ4v) is 4.51. The maximum atomic E-state index is 13.0. The third kappa shape index (κ3) is 2.58. The van der Waals surface area contributed by atoms with Gasteiger partial charge >= 0.3 is 0 Å². The Kier molecular flexibility index (Phi) is 4.21. The first-order valence-corrected chi connectivity index (χ1v) is 9.52. The maximum absolute atomic E-state index is 13.0. The predicted octanol–water partition coefficient (Wildman–Crippen LogP) is 3.28. The molecule has 3 heterocycles. The van der Waals surface area contributed by atoms with E-state index in [2.05, 4.69) is 16.6 Å². The second-order valence-electron chi connectivity index (χ2n) is 5.60. The highest BCUT2D eigenvalue weighted by atomic mass is 32.2. The molecular formula is C18H14N4O2S2. The molecule has 4 rings (SSSR count).